The van der Waals surface area contributed by atoms with Gasteiger partial charge < -0.3 is 10.2 Å². The van der Waals surface area contributed by atoms with Crippen molar-refractivity contribution >= 4 is 186 Å². The van der Waals surface area contributed by atoms with Gasteiger partial charge in [0, 0.05) is 127 Å². The molecule has 0 fully saturated rings. The number of halogens is 5. The summed E-state index contributed by atoms with van der Waals surface area (Å²) in [6.45, 7) is 18.0. The second kappa shape index (κ2) is 45.0. The molecule has 0 saturated heterocycles. The Bertz CT molecular complexity index is 3520. The van der Waals surface area contributed by atoms with Crippen LogP contribution >= 0.6 is 103 Å². The second-order valence-electron chi connectivity index (χ2n) is 14.4. The van der Waals surface area contributed by atoms with E-state index in [4.69, 9.17) is 23.2 Å². The number of hydrogen-bond donors (Lipinski definition) is 1. The molecule has 1 amide bonds. The van der Waals surface area contributed by atoms with E-state index >= 15 is 0 Å². The van der Waals surface area contributed by atoms with Crippen LogP contribution in [0.5, 0.6) is 0 Å². The first-order chi connectivity index (χ1) is 35.3. The Morgan fingerprint density at radius 2 is 0.925 bits per heavy atom. The number of hydrogen-bond acceptors (Lipinski definition) is 9. The van der Waals surface area contributed by atoms with Crippen molar-refractivity contribution in [1.82, 2.24) is 0 Å². The van der Waals surface area contributed by atoms with Crippen LogP contribution in [0.25, 0.3) is 60.5 Å². The molecule has 0 bridgehead atoms. The predicted octanol–water partition coefficient (Wildman–Crippen LogP) is 23.5. The number of nitrogens with one attached hydrogen (secondary N) is 1. The Hall–Kier alpha value is -3.49. The number of alkyl halides is 3. The number of amides is 1. The molecule has 0 unspecified atom stereocenters. The van der Waals surface area contributed by atoms with Gasteiger partial charge in [0.2, 0.25) is 0 Å². The van der Waals surface area contributed by atoms with Crippen LogP contribution in [0.15, 0.2) is 125 Å². The summed E-state index contributed by atoms with van der Waals surface area (Å²) in [5, 5.41) is 7.98. The van der Waals surface area contributed by atoms with Gasteiger partial charge in [-0.2, -0.15) is 35.6 Å². The summed E-state index contributed by atoms with van der Waals surface area (Å²) in [6, 6.07) is 40.0. The Morgan fingerprint density at radius 3 is 1.38 bits per heavy atom. The van der Waals surface area contributed by atoms with Crippen molar-refractivity contribution in [1.29, 1.82) is 0 Å². The van der Waals surface area contributed by atoms with Crippen LogP contribution in [0, 0.1) is 26.8 Å². The zero-order valence-electron chi connectivity index (χ0n) is 44.2. The smallest absolute Gasteiger partial charge is 0.268 e. The minimum Gasteiger partial charge on any atom is -0.388 e. The second-order valence-corrected chi connectivity index (χ2v) is 19.4. The molecule has 0 spiro atoms. The molecule has 6 nitrogen and oxygen atoms in total. The summed E-state index contributed by atoms with van der Waals surface area (Å²) in [6.07, 6.45) is 4.42. The fourth-order valence-corrected chi connectivity index (χ4v) is 11.9. The van der Waals surface area contributed by atoms with Gasteiger partial charge in [-0.1, -0.05) is 149 Å². The first kappa shape index (κ1) is 87.7. The van der Waals surface area contributed by atoms with E-state index in [-0.39, 0.29) is 94.0 Å². The normalized spacial score (nSPS) is 8.94. The monoisotopic (exact) mass is 1340 g/mol. The van der Waals surface area contributed by atoms with Crippen LogP contribution in [-0.4, -0.2) is 44.4 Å². The molecule has 439 valence electrons. The Kier molecular flexibility index (Phi) is 49.4. The van der Waals surface area contributed by atoms with Crippen molar-refractivity contribution in [3.63, 3.8) is 0 Å². The Labute approximate surface area is 546 Å². The molecule has 0 aliphatic rings. The largest absolute Gasteiger partial charge is 0.388 e. The van der Waals surface area contributed by atoms with E-state index in [2.05, 4.69) is 46.2 Å². The molecule has 0 saturated carbocycles. The molecule has 10 aromatic rings. The quantitative estimate of drug-likeness (QED) is 0.0821. The van der Waals surface area contributed by atoms with Gasteiger partial charge in [0.25, 0.3) is 11.1 Å². The average Bonchev–Trinajstić information content (AvgIpc) is 3.98. The van der Waals surface area contributed by atoms with E-state index in [1.54, 1.807) is 46.8 Å². The summed E-state index contributed by atoms with van der Waals surface area (Å²) in [5.74, 6) is -0.0548. The number of thiophene rings is 2. The third kappa shape index (κ3) is 21.6. The maximum absolute atomic E-state index is 13.3. The van der Waals surface area contributed by atoms with E-state index in [1.807, 2.05) is 172 Å². The van der Waals surface area contributed by atoms with Crippen molar-refractivity contribution < 1.29 is 42.3 Å². The van der Waals surface area contributed by atoms with E-state index in [0.717, 1.165) is 88.1 Å². The molecule has 0 aliphatic carbocycles. The minimum absolute atomic E-state index is 0. The van der Waals surface area contributed by atoms with Crippen molar-refractivity contribution in [2.24, 2.45) is 0 Å². The van der Waals surface area contributed by atoms with Crippen molar-refractivity contribution in [2.75, 3.05) is 43.5 Å². The molecule has 6 aromatic carbocycles. The van der Waals surface area contributed by atoms with Gasteiger partial charge in [-0.05, 0) is 110 Å². The first-order valence-electron chi connectivity index (χ1n) is 23.1. The molecule has 80 heavy (non-hydrogen) atoms. The molecule has 0 atom stereocenters. The van der Waals surface area contributed by atoms with Crippen LogP contribution in [0.3, 0.4) is 0 Å². The van der Waals surface area contributed by atoms with E-state index in [9.17, 15) is 19.2 Å². The van der Waals surface area contributed by atoms with Gasteiger partial charge in [-0.15, -0.1) is 68.8 Å². The third-order valence-corrected chi connectivity index (χ3v) is 15.8. The number of anilines is 2. The minimum atomic E-state index is -0.508. The van der Waals surface area contributed by atoms with Gasteiger partial charge in [0.05, 0.1) is 9.75 Å². The number of nitrogens with zero attached hydrogens (tertiary/aromatic N) is 1. The zero-order valence-corrected chi connectivity index (χ0v) is 54.0. The zero-order chi connectivity index (χ0) is 55.1. The molecule has 16 heteroatoms. The number of rotatable bonds is 4. The number of benzene rings is 6. The number of fused-ring (bicyclic) bond motifs is 6. The summed E-state index contributed by atoms with van der Waals surface area (Å²) >= 11 is 31.3. The Balaban J connectivity index is -0.000000238. The fourth-order valence-electron chi connectivity index (χ4n) is 7.02. The van der Waals surface area contributed by atoms with Crippen molar-refractivity contribution in [3.05, 3.63) is 173 Å². The first-order valence-corrected chi connectivity index (χ1v) is 29.4. The van der Waals surface area contributed by atoms with Gasteiger partial charge >= 0.3 is 0 Å². The van der Waals surface area contributed by atoms with Crippen LogP contribution in [0.4, 0.5) is 11.4 Å². The standard InChI is InChI=1S/C25H19NO2S2.C15H13NOS.C9H3Cl2OS.3C2H6.3CH3Cl.6CH4.Y/c1-14-8-10-21-18(12-14)23(27)19-13-16(9-11-22(19)29-21)26(3)25(28)24-15(2)17-6-4-5-7-20(17)30-24;1-9-3-5-13-11(7-9)15(17)12-8-10(16-2)4-6-14(12)18-13;10-7-5-3-1-2-4-6(5)13-8(7)9(11)12;6*1-2;;;;;;;/h4-13H,1-3H3;3-8,16H,1-2H3;1,3-4H;3*1-2H3;3*1H3;6*1H4;/q;;-1;;;;;;;;;;;;;. The summed E-state index contributed by atoms with van der Waals surface area (Å²) in [4.78, 5) is 52.6. The van der Waals surface area contributed by atoms with Crippen LogP contribution in [0.2, 0.25) is 5.02 Å². The number of carbonyl (C=O) groups excluding carboxylic acids is 2. The maximum atomic E-state index is 13.3. The molecule has 10 rings (SSSR count). The summed E-state index contributed by atoms with van der Waals surface area (Å²) < 4.78 is 6.04. The third-order valence-electron chi connectivity index (χ3n) is 10.3. The fraction of sp³-hybridized carbons (Fsp3) is 0.312. The number of aryl methyl sites for hydroxylation is 3. The van der Waals surface area contributed by atoms with Crippen molar-refractivity contribution in [3.8, 4) is 0 Å². The van der Waals surface area contributed by atoms with Crippen molar-refractivity contribution in [2.45, 2.75) is 107 Å². The van der Waals surface area contributed by atoms with Gasteiger partial charge in [0.1, 0.15) is 0 Å². The topological polar surface area (TPSA) is 83.6 Å². The molecular weight excluding hydrogens is 1260 g/mol. The summed E-state index contributed by atoms with van der Waals surface area (Å²) in [7, 11) is 3.63. The van der Waals surface area contributed by atoms with Crippen LogP contribution in [-0.2, 0) is 32.7 Å². The SMILES string of the molecule is C.C.C.C.C.C.CC.CC.CC.CCl.CCl.CCl.CNc1ccc2sc3ccc(C)cc3c(=O)c2c1.Cc1ccc2sc3ccc(N(C)C(=O)c4sc5ccccc5c4C)cc3c(=O)c2c1.O=C(Cl)c1sc2c[c-]ccc2c1Cl.[Y]. The molecular formula is C64H86Cl5N2O4S4Y-. The van der Waals surface area contributed by atoms with E-state index in [1.165, 1.54) is 41.8 Å². The molecule has 4 heterocycles. The summed E-state index contributed by atoms with van der Waals surface area (Å²) in [5.41, 5.74) is 5.02. The maximum Gasteiger partial charge on any atom is 0.268 e. The van der Waals surface area contributed by atoms with Gasteiger partial charge in [-0.25, -0.2) is 0 Å². The Morgan fingerprint density at radius 1 is 0.512 bits per heavy atom. The molecule has 1 N–H and O–H groups in total. The van der Waals surface area contributed by atoms with Gasteiger partial charge in [0.15, 0.2) is 10.9 Å². The van der Waals surface area contributed by atoms with Gasteiger partial charge in [-0.3, -0.25) is 19.2 Å². The van der Waals surface area contributed by atoms with E-state index in [0.29, 0.717) is 15.3 Å². The molecule has 0 aliphatic heterocycles. The number of carbonyl (C=O) groups is 2. The average molecular weight is 1340 g/mol. The van der Waals surface area contributed by atoms with Crippen LogP contribution in [0.1, 0.15) is 122 Å². The molecule has 1 radical (unpaired) electrons. The molecule has 4 aromatic heterocycles. The van der Waals surface area contributed by atoms with E-state index < -0.39 is 5.24 Å². The van der Waals surface area contributed by atoms with Crippen LogP contribution < -0.4 is 21.1 Å². The predicted molar refractivity (Wildman–Crippen MR) is 375 cm³/mol.